The van der Waals surface area contributed by atoms with Gasteiger partial charge in [-0.25, -0.2) is 0 Å². The number of rotatable bonds is 7. The smallest absolute Gasteiger partial charge is 0.312 e. The minimum atomic E-state index is -1.32. The van der Waals surface area contributed by atoms with Crippen LogP contribution in [0.2, 0.25) is 0 Å². The number of unbranched alkanes of at least 4 members (excludes halogenated alkanes) is 1. The van der Waals surface area contributed by atoms with Gasteiger partial charge >= 0.3 is 5.97 Å². The quantitative estimate of drug-likeness (QED) is 0.578. The molecule has 5 nitrogen and oxygen atoms in total. The number of ether oxygens (including phenoxy) is 1. The number of hydrogen-bond acceptors (Lipinski definition) is 5. The zero-order valence-corrected chi connectivity index (χ0v) is 16.0. The number of ketones is 1. The molecule has 0 fully saturated rings. The number of allylic oxidation sites excluding steroid dienone is 1. The molecule has 0 bridgehead atoms. The summed E-state index contributed by atoms with van der Waals surface area (Å²) >= 11 is 0. The molecule has 0 aromatic heterocycles. The Labute approximate surface area is 155 Å². The van der Waals surface area contributed by atoms with Crippen molar-refractivity contribution in [2.75, 3.05) is 13.7 Å². The van der Waals surface area contributed by atoms with Crippen molar-refractivity contribution in [3.05, 3.63) is 47.2 Å². The lowest BCUT2D eigenvalue weighted by Crippen LogP contribution is -2.50. The third-order valence-corrected chi connectivity index (χ3v) is 5.04. The van der Waals surface area contributed by atoms with Crippen LogP contribution in [0, 0.1) is 5.92 Å². The standard InChI is InChI=1S/C21H29NO4/c1-5-6-12-22-16-13-21(3,25)19(20(24)26-4)18(17(16)14(2)23)15-10-8-7-9-11-15/h7-11,18-19,22,25H,5-6,12-13H2,1-4H3/t18-,19?,21-/m0/s1. The normalized spacial score (nSPS) is 25.7. The van der Waals surface area contributed by atoms with Crippen molar-refractivity contribution in [1.82, 2.24) is 5.32 Å². The van der Waals surface area contributed by atoms with E-state index in [4.69, 9.17) is 4.74 Å². The Hall–Kier alpha value is -2.14. The molecule has 2 N–H and O–H groups in total. The lowest BCUT2D eigenvalue weighted by atomic mass is 9.65. The second kappa shape index (κ2) is 8.49. The van der Waals surface area contributed by atoms with Crippen molar-refractivity contribution in [2.24, 2.45) is 5.92 Å². The third kappa shape index (κ3) is 4.15. The minimum Gasteiger partial charge on any atom is -0.469 e. The summed E-state index contributed by atoms with van der Waals surface area (Å²) in [5.41, 5.74) is 0.795. The number of nitrogens with one attached hydrogen (secondary N) is 1. The molecule has 3 atom stereocenters. The van der Waals surface area contributed by atoms with Crippen LogP contribution in [0.5, 0.6) is 0 Å². The van der Waals surface area contributed by atoms with E-state index in [0.717, 1.165) is 30.6 Å². The molecule has 1 aromatic rings. The van der Waals surface area contributed by atoms with E-state index in [9.17, 15) is 14.7 Å². The zero-order valence-electron chi connectivity index (χ0n) is 16.0. The fourth-order valence-corrected chi connectivity index (χ4v) is 3.82. The molecule has 142 valence electrons. The summed E-state index contributed by atoms with van der Waals surface area (Å²) in [6.45, 7) is 5.98. The van der Waals surface area contributed by atoms with Crippen LogP contribution in [-0.2, 0) is 14.3 Å². The third-order valence-electron chi connectivity index (χ3n) is 5.04. The van der Waals surface area contributed by atoms with Crippen molar-refractivity contribution in [3.8, 4) is 0 Å². The first-order chi connectivity index (χ1) is 12.3. The average Bonchev–Trinajstić information content (AvgIpc) is 2.60. The van der Waals surface area contributed by atoms with Gasteiger partial charge in [0.2, 0.25) is 0 Å². The van der Waals surface area contributed by atoms with Crippen LogP contribution < -0.4 is 5.32 Å². The van der Waals surface area contributed by atoms with Gasteiger partial charge in [-0.3, -0.25) is 9.59 Å². The Morgan fingerprint density at radius 2 is 1.96 bits per heavy atom. The maximum atomic E-state index is 12.6. The SMILES string of the molecule is CCCCNC1=C(C(C)=O)[C@H](c2ccccc2)C(C(=O)OC)[C@@](C)(O)C1. The Kier molecular flexibility index (Phi) is 6.59. The Morgan fingerprint density at radius 3 is 2.50 bits per heavy atom. The molecule has 0 saturated heterocycles. The summed E-state index contributed by atoms with van der Waals surface area (Å²) in [7, 11) is 1.31. The maximum Gasteiger partial charge on any atom is 0.312 e. The zero-order chi connectivity index (χ0) is 19.3. The van der Waals surface area contributed by atoms with Crippen LogP contribution in [0.15, 0.2) is 41.6 Å². The van der Waals surface area contributed by atoms with E-state index in [0.29, 0.717) is 5.57 Å². The molecule has 1 aromatic carbocycles. The van der Waals surface area contributed by atoms with Gasteiger partial charge in [0.25, 0.3) is 0 Å². The molecule has 2 rings (SSSR count). The van der Waals surface area contributed by atoms with Crippen LogP contribution in [0.25, 0.3) is 0 Å². The molecule has 1 aliphatic rings. The summed E-state index contributed by atoms with van der Waals surface area (Å²) in [6, 6.07) is 9.39. The van der Waals surface area contributed by atoms with Crippen LogP contribution in [0.3, 0.4) is 0 Å². The van der Waals surface area contributed by atoms with E-state index in [-0.39, 0.29) is 12.2 Å². The minimum absolute atomic E-state index is 0.0951. The van der Waals surface area contributed by atoms with Crippen LogP contribution in [-0.4, -0.2) is 36.1 Å². The molecule has 1 unspecified atom stereocenters. The monoisotopic (exact) mass is 359 g/mol. The van der Waals surface area contributed by atoms with Crippen LogP contribution in [0.4, 0.5) is 0 Å². The van der Waals surface area contributed by atoms with Gasteiger partial charge in [-0.2, -0.15) is 0 Å². The Morgan fingerprint density at radius 1 is 1.31 bits per heavy atom. The predicted octanol–water partition coefficient (Wildman–Crippen LogP) is 2.95. The first kappa shape index (κ1) is 20.2. The number of Topliss-reactive ketones (excluding diaryl/α,β-unsaturated/α-hetero) is 1. The summed E-state index contributed by atoms with van der Waals surface area (Å²) in [6.07, 6.45) is 2.21. The fourth-order valence-electron chi connectivity index (χ4n) is 3.82. The summed E-state index contributed by atoms with van der Waals surface area (Å²) in [5, 5.41) is 14.4. The van der Waals surface area contributed by atoms with Crippen LogP contribution >= 0.6 is 0 Å². The summed E-state index contributed by atoms with van der Waals surface area (Å²) < 4.78 is 4.99. The van der Waals surface area contributed by atoms with Gasteiger partial charge in [-0.1, -0.05) is 43.7 Å². The molecule has 0 amide bonds. The Balaban J connectivity index is 2.62. The van der Waals surface area contributed by atoms with E-state index in [1.807, 2.05) is 30.3 Å². The molecule has 26 heavy (non-hydrogen) atoms. The molecule has 0 radical (unpaired) electrons. The van der Waals surface area contributed by atoms with E-state index in [2.05, 4.69) is 12.2 Å². The summed E-state index contributed by atoms with van der Waals surface area (Å²) in [4.78, 5) is 25.1. The lowest BCUT2D eigenvalue weighted by molar-refractivity contribution is -0.156. The van der Waals surface area contributed by atoms with Gasteiger partial charge in [0, 0.05) is 30.2 Å². The highest BCUT2D eigenvalue weighted by atomic mass is 16.5. The van der Waals surface area contributed by atoms with E-state index in [1.165, 1.54) is 14.0 Å². The Bertz CT molecular complexity index is 679. The highest BCUT2D eigenvalue weighted by Crippen LogP contribution is 2.47. The van der Waals surface area contributed by atoms with E-state index in [1.54, 1.807) is 6.92 Å². The van der Waals surface area contributed by atoms with E-state index >= 15 is 0 Å². The highest BCUT2D eigenvalue weighted by Gasteiger charge is 2.51. The molecular formula is C21H29NO4. The first-order valence-corrected chi connectivity index (χ1v) is 9.16. The second-order valence-electron chi connectivity index (χ2n) is 7.15. The fraction of sp³-hybridized carbons (Fsp3) is 0.524. The number of methoxy groups -OCH3 is 1. The topological polar surface area (TPSA) is 75.6 Å². The highest BCUT2D eigenvalue weighted by molar-refractivity contribution is 5.97. The van der Waals surface area contributed by atoms with Crippen molar-refractivity contribution in [2.45, 2.75) is 51.6 Å². The van der Waals surface area contributed by atoms with Crippen molar-refractivity contribution < 1.29 is 19.4 Å². The number of benzene rings is 1. The van der Waals surface area contributed by atoms with Gasteiger partial charge < -0.3 is 15.2 Å². The van der Waals surface area contributed by atoms with Gasteiger partial charge in [0.05, 0.1) is 18.6 Å². The number of esters is 1. The number of hydrogen-bond donors (Lipinski definition) is 2. The van der Waals surface area contributed by atoms with Crippen LogP contribution in [0.1, 0.15) is 51.5 Å². The molecule has 1 aliphatic carbocycles. The average molecular weight is 359 g/mol. The molecule has 0 spiro atoms. The predicted molar refractivity (Wildman–Crippen MR) is 101 cm³/mol. The number of carbonyl (C=O) groups excluding carboxylic acids is 2. The largest absolute Gasteiger partial charge is 0.469 e. The van der Waals surface area contributed by atoms with Gasteiger partial charge in [-0.15, -0.1) is 0 Å². The van der Waals surface area contributed by atoms with Gasteiger partial charge in [0.1, 0.15) is 0 Å². The second-order valence-corrected chi connectivity index (χ2v) is 7.15. The van der Waals surface area contributed by atoms with E-state index < -0.39 is 23.4 Å². The lowest BCUT2D eigenvalue weighted by Gasteiger charge is -2.43. The van der Waals surface area contributed by atoms with Crippen molar-refractivity contribution in [1.29, 1.82) is 0 Å². The number of carbonyl (C=O) groups is 2. The van der Waals surface area contributed by atoms with Gasteiger partial charge in [0.15, 0.2) is 5.78 Å². The maximum absolute atomic E-state index is 12.6. The molecule has 5 heteroatoms. The molecule has 0 aliphatic heterocycles. The summed E-state index contributed by atoms with van der Waals surface area (Å²) in [5.74, 6) is -1.99. The molecule has 0 heterocycles. The molecular weight excluding hydrogens is 330 g/mol. The number of aliphatic hydroxyl groups is 1. The van der Waals surface area contributed by atoms with Crippen molar-refractivity contribution in [3.63, 3.8) is 0 Å². The molecule has 0 saturated carbocycles. The first-order valence-electron chi connectivity index (χ1n) is 9.16. The van der Waals surface area contributed by atoms with Gasteiger partial charge in [-0.05, 0) is 25.8 Å². The van der Waals surface area contributed by atoms with Crippen molar-refractivity contribution >= 4 is 11.8 Å².